The second kappa shape index (κ2) is 9.04. The molecule has 3 aromatic rings. The highest BCUT2D eigenvalue weighted by atomic mass is 35.5. The maximum absolute atomic E-state index is 13.6. The predicted molar refractivity (Wildman–Crippen MR) is 130 cm³/mol. The molecular formula is C26H26Cl2N2O. The summed E-state index contributed by atoms with van der Waals surface area (Å²) < 4.78 is 0. The fourth-order valence-corrected chi connectivity index (χ4v) is 4.86. The van der Waals surface area contributed by atoms with Crippen LogP contribution in [0.15, 0.2) is 66.7 Å². The van der Waals surface area contributed by atoms with Crippen LogP contribution in [0.5, 0.6) is 0 Å². The van der Waals surface area contributed by atoms with E-state index in [0.717, 1.165) is 37.1 Å². The van der Waals surface area contributed by atoms with Crippen LogP contribution in [0.1, 0.15) is 24.0 Å². The molecule has 0 aromatic heterocycles. The number of nitrogens with zero attached hydrogens (tertiary/aromatic N) is 1. The molecule has 0 radical (unpaired) electrons. The summed E-state index contributed by atoms with van der Waals surface area (Å²) in [6, 6.07) is 22.0. The van der Waals surface area contributed by atoms with Gasteiger partial charge in [-0.05, 0) is 74.8 Å². The molecule has 31 heavy (non-hydrogen) atoms. The zero-order chi connectivity index (χ0) is 22.0. The number of likely N-dealkylation sites (tertiary alicyclic amines) is 1. The molecule has 1 aliphatic heterocycles. The summed E-state index contributed by atoms with van der Waals surface area (Å²) in [5, 5.41) is 4.08. The minimum atomic E-state index is -0.591. The number of aryl methyl sites for hydroxylation is 1. The third-order valence-electron chi connectivity index (χ3n) is 6.18. The monoisotopic (exact) mass is 452 g/mol. The molecule has 0 bridgehead atoms. The molecule has 1 fully saturated rings. The van der Waals surface area contributed by atoms with E-state index in [1.807, 2.05) is 0 Å². The van der Waals surface area contributed by atoms with E-state index >= 15 is 0 Å². The highest BCUT2D eigenvalue weighted by Crippen LogP contribution is 2.38. The van der Waals surface area contributed by atoms with Gasteiger partial charge in [-0.15, -0.1) is 0 Å². The Hall–Kier alpha value is -2.33. The van der Waals surface area contributed by atoms with Crippen LogP contribution < -0.4 is 5.32 Å². The van der Waals surface area contributed by atoms with Crippen LogP contribution in [-0.2, 0) is 10.2 Å². The first-order valence-electron chi connectivity index (χ1n) is 10.5. The van der Waals surface area contributed by atoms with Gasteiger partial charge >= 0.3 is 0 Å². The van der Waals surface area contributed by atoms with Crippen LogP contribution >= 0.6 is 23.2 Å². The first kappa shape index (κ1) is 21.9. The van der Waals surface area contributed by atoms with E-state index in [1.54, 1.807) is 18.2 Å². The van der Waals surface area contributed by atoms with Crippen molar-refractivity contribution >= 4 is 34.8 Å². The van der Waals surface area contributed by atoms with E-state index in [9.17, 15) is 4.79 Å². The lowest BCUT2D eigenvalue weighted by Crippen LogP contribution is -2.48. The number of carbonyl (C=O) groups excluding carboxylic acids is 1. The van der Waals surface area contributed by atoms with Crippen molar-refractivity contribution in [3.63, 3.8) is 0 Å². The molecule has 0 saturated carbocycles. The molecular weight excluding hydrogens is 427 g/mol. The summed E-state index contributed by atoms with van der Waals surface area (Å²) in [6.07, 6.45) is 1.51. The Labute approximate surface area is 194 Å². The van der Waals surface area contributed by atoms with E-state index < -0.39 is 5.41 Å². The van der Waals surface area contributed by atoms with E-state index in [2.05, 4.69) is 72.7 Å². The standard InChI is InChI=1S/C26H26Cl2N2O/c1-18-4-3-5-20(14-18)19-6-8-21(9-7-19)26(10-12-30(2)13-11-26)25(31)29-24-16-22(27)15-23(28)17-24/h3-9,14-17H,10-13H2,1-2H3,(H,29,31). The zero-order valence-corrected chi connectivity index (χ0v) is 19.3. The van der Waals surface area contributed by atoms with Crippen molar-refractivity contribution in [3.05, 3.63) is 87.9 Å². The molecule has 160 valence electrons. The van der Waals surface area contributed by atoms with Crippen molar-refractivity contribution in [2.45, 2.75) is 25.2 Å². The van der Waals surface area contributed by atoms with Crippen molar-refractivity contribution in [2.75, 3.05) is 25.5 Å². The van der Waals surface area contributed by atoms with Gasteiger partial charge in [0.05, 0.1) is 5.41 Å². The molecule has 0 spiro atoms. The van der Waals surface area contributed by atoms with Gasteiger partial charge < -0.3 is 10.2 Å². The van der Waals surface area contributed by atoms with Crippen molar-refractivity contribution in [1.82, 2.24) is 4.90 Å². The molecule has 1 aliphatic rings. The average Bonchev–Trinajstić information content (AvgIpc) is 2.74. The van der Waals surface area contributed by atoms with Gasteiger partial charge in [0.1, 0.15) is 0 Å². The Morgan fingerprint density at radius 3 is 2.16 bits per heavy atom. The molecule has 1 amide bonds. The number of piperidine rings is 1. The van der Waals surface area contributed by atoms with Crippen LogP contribution in [0, 0.1) is 6.92 Å². The summed E-state index contributed by atoms with van der Waals surface area (Å²) in [5.74, 6) is -0.0118. The summed E-state index contributed by atoms with van der Waals surface area (Å²) in [5.41, 5.74) is 4.64. The largest absolute Gasteiger partial charge is 0.325 e. The molecule has 0 atom stereocenters. The Kier molecular flexibility index (Phi) is 6.38. The molecule has 5 heteroatoms. The minimum absolute atomic E-state index is 0.0118. The van der Waals surface area contributed by atoms with Crippen LogP contribution in [0.3, 0.4) is 0 Å². The number of anilines is 1. The Morgan fingerprint density at radius 2 is 1.55 bits per heavy atom. The fourth-order valence-electron chi connectivity index (χ4n) is 4.33. The third kappa shape index (κ3) is 4.79. The van der Waals surface area contributed by atoms with Crippen LogP contribution in [0.25, 0.3) is 11.1 Å². The molecule has 0 aliphatic carbocycles. The molecule has 1 saturated heterocycles. The number of hydrogen-bond donors (Lipinski definition) is 1. The van der Waals surface area contributed by atoms with Gasteiger partial charge in [0, 0.05) is 15.7 Å². The quantitative estimate of drug-likeness (QED) is 0.485. The Bertz CT molecular complexity index is 1070. The normalized spacial score (nSPS) is 16.1. The van der Waals surface area contributed by atoms with E-state index in [4.69, 9.17) is 23.2 Å². The van der Waals surface area contributed by atoms with Crippen LogP contribution in [0.2, 0.25) is 10.0 Å². The van der Waals surface area contributed by atoms with E-state index in [0.29, 0.717) is 15.7 Å². The smallest absolute Gasteiger partial charge is 0.235 e. The first-order valence-corrected chi connectivity index (χ1v) is 11.2. The molecule has 0 unspecified atom stereocenters. The molecule has 1 heterocycles. The highest BCUT2D eigenvalue weighted by molar-refractivity contribution is 6.35. The average molecular weight is 453 g/mol. The number of hydrogen-bond acceptors (Lipinski definition) is 2. The minimum Gasteiger partial charge on any atom is -0.325 e. The number of rotatable bonds is 4. The van der Waals surface area contributed by atoms with Crippen LogP contribution in [0.4, 0.5) is 5.69 Å². The topological polar surface area (TPSA) is 32.3 Å². The molecule has 4 rings (SSSR count). The zero-order valence-electron chi connectivity index (χ0n) is 17.8. The van der Waals surface area contributed by atoms with Gasteiger partial charge in [0.25, 0.3) is 0 Å². The number of carbonyl (C=O) groups is 1. The van der Waals surface area contributed by atoms with Gasteiger partial charge in [0.15, 0.2) is 0 Å². The lowest BCUT2D eigenvalue weighted by Gasteiger charge is -2.40. The maximum atomic E-state index is 13.6. The van der Waals surface area contributed by atoms with Gasteiger partial charge in [-0.25, -0.2) is 0 Å². The second-order valence-corrected chi connectivity index (χ2v) is 9.32. The SMILES string of the molecule is Cc1cccc(-c2ccc(C3(C(=O)Nc4cc(Cl)cc(Cl)c4)CCN(C)CC3)cc2)c1. The number of amides is 1. The van der Waals surface area contributed by atoms with Crippen molar-refractivity contribution in [2.24, 2.45) is 0 Å². The molecule has 3 nitrogen and oxygen atoms in total. The first-order chi connectivity index (χ1) is 14.9. The van der Waals surface area contributed by atoms with Crippen molar-refractivity contribution in [3.8, 4) is 11.1 Å². The second-order valence-electron chi connectivity index (χ2n) is 8.44. The summed E-state index contributed by atoms with van der Waals surface area (Å²) in [4.78, 5) is 15.9. The third-order valence-corrected chi connectivity index (χ3v) is 6.62. The summed E-state index contributed by atoms with van der Waals surface area (Å²) in [7, 11) is 2.10. The summed E-state index contributed by atoms with van der Waals surface area (Å²) in [6.45, 7) is 3.82. The van der Waals surface area contributed by atoms with Gasteiger partial charge in [-0.2, -0.15) is 0 Å². The van der Waals surface area contributed by atoms with Crippen LogP contribution in [-0.4, -0.2) is 30.9 Å². The van der Waals surface area contributed by atoms with Crippen molar-refractivity contribution < 1.29 is 4.79 Å². The van der Waals surface area contributed by atoms with E-state index in [1.165, 1.54) is 11.1 Å². The highest BCUT2D eigenvalue weighted by Gasteiger charge is 2.42. The molecule has 3 aromatic carbocycles. The van der Waals surface area contributed by atoms with Gasteiger partial charge in [-0.3, -0.25) is 4.79 Å². The van der Waals surface area contributed by atoms with Gasteiger partial charge in [-0.1, -0.05) is 77.3 Å². The van der Waals surface area contributed by atoms with E-state index in [-0.39, 0.29) is 5.91 Å². The summed E-state index contributed by atoms with van der Waals surface area (Å²) >= 11 is 12.3. The Morgan fingerprint density at radius 1 is 0.903 bits per heavy atom. The predicted octanol–water partition coefficient (Wildman–Crippen LogP) is 6.57. The maximum Gasteiger partial charge on any atom is 0.235 e. The lowest BCUT2D eigenvalue weighted by atomic mass is 9.71. The number of halogens is 2. The lowest BCUT2D eigenvalue weighted by molar-refractivity contribution is -0.123. The fraction of sp³-hybridized carbons (Fsp3) is 0.269. The Balaban J connectivity index is 1.66. The van der Waals surface area contributed by atoms with Crippen molar-refractivity contribution in [1.29, 1.82) is 0 Å². The number of nitrogens with one attached hydrogen (secondary N) is 1. The van der Waals surface area contributed by atoms with Gasteiger partial charge in [0.2, 0.25) is 5.91 Å². The molecule has 1 N–H and O–H groups in total. The number of benzene rings is 3.